The van der Waals surface area contributed by atoms with E-state index in [0.29, 0.717) is 10.9 Å². The van der Waals surface area contributed by atoms with E-state index in [2.05, 4.69) is 30.8 Å². The van der Waals surface area contributed by atoms with Crippen LogP contribution in [0.5, 0.6) is 0 Å². The summed E-state index contributed by atoms with van der Waals surface area (Å²) in [4.78, 5) is 36.9. The molecular formula is C30H28F3N9O3. The fourth-order valence-electron chi connectivity index (χ4n) is 5.68. The SMILES string of the molecule is Cn1cc(-c2nc3c4cccc(C5(C(F)(F)F)CC5)c4nc(N[C@@H]4CN(C(=O)OCc5ccccc5)CCNC4=O)n3n2)cn1. The van der Waals surface area contributed by atoms with Gasteiger partial charge in [-0.05, 0) is 30.0 Å². The molecule has 15 heteroatoms. The van der Waals surface area contributed by atoms with Crippen LogP contribution in [-0.4, -0.2) is 78.1 Å². The Hall–Kier alpha value is -5.21. The van der Waals surface area contributed by atoms with E-state index in [1.54, 1.807) is 36.3 Å². The molecule has 2 amide bonds. The number of carbonyl (C=O) groups is 2. The van der Waals surface area contributed by atoms with Gasteiger partial charge in [0, 0.05) is 31.7 Å². The second kappa shape index (κ2) is 10.7. The number of aryl methyl sites for hydroxylation is 1. The maximum absolute atomic E-state index is 14.3. The molecule has 1 saturated carbocycles. The molecule has 1 atom stereocenters. The molecule has 45 heavy (non-hydrogen) atoms. The minimum atomic E-state index is -4.47. The van der Waals surface area contributed by atoms with Gasteiger partial charge in [-0.3, -0.25) is 9.48 Å². The molecule has 0 spiro atoms. The van der Waals surface area contributed by atoms with E-state index in [4.69, 9.17) is 4.74 Å². The fourth-order valence-corrected chi connectivity index (χ4v) is 5.68. The molecule has 3 aromatic heterocycles. The summed E-state index contributed by atoms with van der Waals surface area (Å²) in [6.45, 7) is 0.358. The molecule has 2 aromatic carbocycles. The monoisotopic (exact) mass is 619 g/mol. The second-order valence-corrected chi connectivity index (χ2v) is 11.3. The quantitative estimate of drug-likeness (QED) is 0.293. The molecule has 7 rings (SSSR count). The van der Waals surface area contributed by atoms with Gasteiger partial charge in [0.1, 0.15) is 12.6 Å². The Morgan fingerprint density at radius 3 is 2.64 bits per heavy atom. The summed E-state index contributed by atoms with van der Waals surface area (Å²) in [5.41, 5.74) is -0.202. The van der Waals surface area contributed by atoms with Gasteiger partial charge in [0.15, 0.2) is 11.5 Å². The van der Waals surface area contributed by atoms with Crippen molar-refractivity contribution in [3.05, 3.63) is 72.1 Å². The number of anilines is 1. The second-order valence-electron chi connectivity index (χ2n) is 11.3. The molecule has 1 aliphatic carbocycles. The van der Waals surface area contributed by atoms with Crippen molar-refractivity contribution in [3.63, 3.8) is 0 Å². The lowest BCUT2D eigenvalue weighted by atomic mass is 9.93. The largest absolute Gasteiger partial charge is 0.445 e. The Morgan fingerprint density at radius 1 is 1.13 bits per heavy atom. The Labute approximate surface area is 254 Å². The van der Waals surface area contributed by atoms with Gasteiger partial charge >= 0.3 is 12.3 Å². The van der Waals surface area contributed by atoms with Crippen LogP contribution in [-0.2, 0) is 28.6 Å². The number of para-hydroxylation sites is 1. The Balaban J connectivity index is 1.28. The molecule has 0 bridgehead atoms. The van der Waals surface area contributed by atoms with E-state index in [-0.39, 0.29) is 67.6 Å². The number of hydrogen-bond acceptors (Lipinski definition) is 8. The van der Waals surface area contributed by atoms with Gasteiger partial charge < -0.3 is 20.3 Å². The zero-order valence-corrected chi connectivity index (χ0v) is 24.1. The molecule has 0 unspecified atom stereocenters. The molecule has 2 fully saturated rings. The van der Waals surface area contributed by atoms with Crippen LogP contribution in [0.1, 0.15) is 24.0 Å². The van der Waals surface area contributed by atoms with Crippen LogP contribution < -0.4 is 10.6 Å². The highest BCUT2D eigenvalue weighted by atomic mass is 19.4. The number of amides is 2. The van der Waals surface area contributed by atoms with Crippen LogP contribution in [0.25, 0.3) is 27.9 Å². The van der Waals surface area contributed by atoms with Gasteiger partial charge in [-0.1, -0.05) is 42.5 Å². The lowest BCUT2D eigenvalue weighted by Gasteiger charge is -2.24. The lowest BCUT2D eigenvalue weighted by molar-refractivity contribution is -0.160. The molecule has 12 nitrogen and oxygen atoms in total. The van der Waals surface area contributed by atoms with Crippen LogP contribution in [0.15, 0.2) is 60.9 Å². The van der Waals surface area contributed by atoms with E-state index in [1.165, 1.54) is 15.5 Å². The molecular weight excluding hydrogens is 591 g/mol. The van der Waals surface area contributed by atoms with Crippen LogP contribution in [0.3, 0.4) is 0 Å². The number of halogens is 3. The highest BCUT2D eigenvalue weighted by Gasteiger charge is 2.65. The first-order valence-corrected chi connectivity index (χ1v) is 14.4. The van der Waals surface area contributed by atoms with Crippen molar-refractivity contribution in [3.8, 4) is 11.4 Å². The third-order valence-electron chi connectivity index (χ3n) is 8.24. The molecule has 5 aromatic rings. The standard InChI is InChI=1S/C30H28F3N9O3/c1-40-15-19(14-35-40)24-38-25-20-8-5-9-21(29(10-11-29)30(31,32)33)23(20)37-27(42(25)39-24)36-22-16-41(13-12-34-26(22)43)28(44)45-17-18-6-3-2-4-7-18/h2-9,14-15,22H,10-13,16-17H2,1H3,(H,34,43)(H,36,37)/t22-/m1/s1. The van der Waals surface area contributed by atoms with Crippen molar-refractivity contribution in [2.45, 2.75) is 37.1 Å². The lowest BCUT2D eigenvalue weighted by Crippen LogP contribution is -2.44. The Bertz CT molecular complexity index is 1920. The minimum absolute atomic E-state index is 0.00483. The number of alkyl halides is 3. The third-order valence-corrected chi connectivity index (χ3v) is 8.24. The van der Waals surface area contributed by atoms with Crippen molar-refractivity contribution < 1.29 is 27.5 Å². The molecule has 0 radical (unpaired) electrons. The number of rotatable bonds is 6. The van der Waals surface area contributed by atoms with Crippen molar-refractivity contribution in [1.29, 1.82) is 0 Å². The zero-order chi connectivity index (χ0) is 31.3. The predicted molar refractivity (Wildman–Crippen MR) is 156 cm³/mol. The van der Waals surface area contributed by atoms with Crippen molar-refractivity contribution in [2.75, 3.05) is 25.0 Å². The number of carbonyl (C=O) groups excluding carboxylic acids is 2. The molecule has 1 aliphatic heterocycles. The maximum atomic E-state index is 14.3. The van der Waals surface area contributed by atoms with Crippen LogP contribution in [0.2, 0.25) is 0 Å². The van der Waals surface area contributed by atoms with Gasteiger partial charge in [0.2, 0.25) is 11.9 Å². The summed E-state index contributed by atoms with van der Waals surface area (Å²) in [6.07, 6.45) is -1.90. The van der Waals surface area contributed by atoms with Crippen LogP contribution >= 0.6 is 0 Å². The highest BCUT2D eigenvalue weighted by Crippen LogP contribution is 2.60. The van der Waals surface area contributed by atoms with Gasteiger partial charge in [-0.15, -0.1) is 5.10 Å². The van der Waals surface area contributed by atoms with E-state index in [9.17, 15) is 22.8 Å². The van der Waals surface area contributed by atoms with Crippen molar-refractivity contribution in [2.24, 2.45) is 7.05 Å². The van der Waals surface area contributed by atoms with Gasteiger partial charge in [-0.2, -0.15) is 22.8 Å². The topological polar surface area (TPSA) is 132 Å². The summed E-state index contributed by atoms with van der Waals surface area (Å²) in [6, 6.07) is 12.8. The molecule has 1 saturated heterocycles. The fraction of sp³-hybridized carbons (Fsp3) is 0.333. The predicted octanol–water partition coefficient (Wildman–Crippen LogP) is 3.82. The summed E-state index contributed by atoms with van der Waals surface area (Å²) >= 11 is 0. The average molecular weight is 620 g/mol. The van der Waals surface area contributed by atoms with E-state index >= 15 is 0 Å². The van der Waals surface area contributed by atoms with E-state index < -0.39 is 29.6 Å². The summed E-state index contributed by atoms with van der Waals surface area (Å²) < 4.78 is 51.4. The smallest absolute Gasteiger partial charge is 0.410 e. The summed E-state index contributed by atoms with van der Waals surface area (Å²) in [5, 5.41) is 15.0. The summed E-state index contributed by atoms with van der Waals surface area (Å²) in [5.74, 6) is -0.136. The summed E-state index contributed by atoms with van der Waals surface area (Å²) in [7, 11) is 1.74. The molecule has 232 valence electrons. The zero-order valence-electron chi connectivity index (χ0n) is 24.1. The van der Waals surface area contributed by atoms with Crippen LogP contribution in [0, 0.1) is 0 Å². The first-order chi connectivity index (χ1) is 21.6. The first kappa shape index (κ1) is 28.6. The van der Waals surface area contributed by atoms with Crippen molar-refractivity contribution in [1.82, 2.24) is 39.6 Å². The minimum Gasteiger partial charge on any atom is -0.445 e. The van der Waals surface area contributed by atoms with E-state index in [1.807, 2.05) is 30.3 Å². The number of ether oxygens (including phenoxy) is 1. The number of benzene rings is 2. The number of hydrogen-bond donors (Lipinski definition) is 2. The number of fused-ring (bicyclic) bond motifs is 3. The van der Waals surface area contributed by atoms with E-state index in [0.717, 1.165) is 5.56 Å². The van der Waals surface area contributed by atoms with Crippen LogP contribution in [0.4, 0.5) is 23.9 Å². The number of nitrogens with zero attached hydrogens (tertiary/aromatic N) is 7. The van der Waals surface area contributed by atoms with Gasteiger partial charge in [0.25, 0.3) is 0 Å². The maximum Gasteiger partial charge on any atom is 0.410 e. The Kier molecular flexibility index (Phi) is 6.82. The van der Waals surface area contributed by atoms with Crippen molar-refractivity contribution >= 4 is 34.5 Å². The Morgan fingerprint density at radius 2 is 1.93 bits per heavy atom. The number of aromatic nitrogens is 6. The molecule has 4 heterocycles. The number of nitrogens with one attached hydrogen (secondary N) is 2. The van der Waals surface area contributed by atoms with Gasteiger partial charge in [-0.25, -0.2) is 14.8 Å². The van der Waals surface area contributed by atoms with Gasteiger partial charge in [0.05, 0.1) is 29.2 Å². The highest BCUT2D eigenvalue weighted by molar-refractivity contribution is 5.96. The first-order valence-electron chi connectivity index (χ1n) is 14.4. The molecule has 2 N–H and O–H groups in total. The molecule has 2 aliphatic rings. The third kappa shape index (κ3) is 5.17. The average Bonchev–Trinajstić information content (AvgIpc) is 3.61. The normalized spacial score (nSPS) is 18.1.